The van der Waals surface area contributed by atoms with Gasteiger partial charge in [0.1, 0.15) is 16.3 Å². The molecule has 2 aromatic rings. The molecule has 1 unspecified atom stereocenters. The smallest absolute Gasteiger partial charge is 0.184 e. The molecule has 0 radical (unpaired) electrons. The molecule has 0 heterocycles. The quantitative estimate of drug-likeness (QED) is 0.942. The molecule has 2 aromatic carbocycles. The molecule has 106 valence electrons. The Hall–Kier alpha value is -1.72. The predicted octanol–water partition coefficient (Wildman–Crippen LogP) is 2.51. The summed E-state index contributed by atoms with van der Waals surface area (Å²) in [7, 11) is -3.92. The predicted molar refractivity (Wildman–Crippen MR) is 74.5 cm³/mol. The fraction of sp³-hybridized carbons (Fsp3) is 0.200. The van der Waals surface area contributed by atoms with Crippen molar-refractivity contribution in [2.24, 2.45) is 0 Å². The van der Waals surface area contributed by atoms with Gasteiger partial charge in [0, 0.05) is 0 Å². The summed E-state index contributed by atoms with van der Waals surface area (Å²) in [5.74, 6) is -1.39. The zero-order valence-corrected chi connectivity index (χ0v) is 11.8. The van der Waals surface area contributed by atoms with Crippen molar-refractivity contribution in [2.45, 2.75) is 17.4 Å². The average Bonchev–Trinajstić information content (AvgIpc) is 2.39. The van der Waals surface area contributed by atoms with Crippen molar-refractivity contribution >= 4 is 9.84 Å². The van der Waals surface area contributed by atoms with Crippen molar-refractivity contribution in [3.05, 3.63) is 66.0 Å². The first-order chi connectivity index (χ1) is 9.33. The van der Waals surface area contributed by atoms with Crippen molar-refractivity contribution in [3.8, 4) is 0 Å². The minimum Gasteiger partial charge on any atom is -0.384 e. The second-order valence-corrected chi connectivity index (χ2v) is 6.79. The number of hydrogen-bond acceptors (Lipinski definition) is 3. The minimum atomic E-state index is -3.92. The second kappa shape index (κ2) is 5.34. The van der Waals surface area contributed by atoms with E-state index in [4.69, 9.17) is 0 Å². The summed E-state index contributed by atoms with van der Waals surface area (Å²) in [6.45, 7) is 1.40. The monoisotopic (exact) mass is 294 g/mol. The SMILES string of the molecule is CC(O)(CS(=O)(=O)c1ccccc1F)c1ccccc1. The summed E-state index contributed by atoms with van der Waals surface area (Å²) < 4.78 is 38.1. The molecule has 0 spiro atoms. The van der Waals surface area contributed by atoms with Crippen LogP contribution in [0.3, 0.4) is 0 Å². The topological polar surface area (TPSA) is 54.4 Å². The Morgan fingerprint density at radius 2 is 1.60 bits per heavy atom. The molecule has 1 N–H and O–H groups in total. The van der Waals surface area contributed by atoms with E-state index in [1.54, 1.807) is 30.3 Å². The van der Waals surface area contributed by atoms with Crippen LogP contribution in [0.25, 0.3) is 0 Å². The van der Waals surface area contributed by atoms with Gasteiger partial charge >= 0.3 is 0 Å². The Morgan fingerprint density at radius 1 is 1.05 bits per heavy atom. The third kappa shape index (κ3) is 3.05. The molecule has 0 saturated carbocycles. The van der Waals surface area contributed by atoms with E-state index in [1.807, 2.05) is 0 Å². The molecule has 5 heteroatoms. The number of benzene rings is 2. The molecular weight excluding hydrogens is 279 g/mol. The van der Waals surface area contributed by atoms with Gasteiger partial charge in [-0.05, 0) is 24.6 Å². The van der Waals surface area contributed by atoms with Crippen molar-refractivity contribution in [1.29, 1.82) is 0 Å². The van der Waals surface area contributed by atoms with E-state index in [9.17, 15) is 17.9 Å². The fourth-order valence-electron chi connectivity index (χ4n) is 2.03. The average molecular weight is 294 g/mol. The lowest BCUT2D eigenvalue weighted by atomic mass is 9.99. The molecule has 0 aromatic heterocycles. The van der Waals surface area contributed by atoms with E-state index >= 15 is 0 Å². The first kappa shape index (κ1) is 14.7. The number of sulfone groups is 1. The normalized spacial score (nSPS) is 14.8. The van der Waals surface area contributed by atoms with Crippen LogP contribution in [-0.2, 0) is 15.4 Å². The summed E-state index contributed by atoms with van der Waals surface area (Å²) in [4.78, 5) is -0.392. The summed E-state index contributed by atoms with van der Waals surface area (Å²) >= 11 is 0. The highest BCUT2D eigenvalue weighted by Crippen LogP contribution is 2.26. The maximum atomic E-state index is 13.6. The van der Waals surface area contributed by atoms with Gasteiger partial charge in [0.05, 0.1) is 5.75 Å². The zero-order chi connectivity index (χ0) is 14.8. The molecule has 0 amide bonds. The van der Waals surface area contributed by atoms with Crippen LogP contribution in [0.1, 0.15) is 12.5 Å². The maximum absolute atomic E-state index is 13.6. The van der Waals surface area contributed by atoms with Gasteiger partial charge in [0.2, 0.25) is 0 Å². The van der Waals surface area contributed by atoms with Gasteiger partial charge in [0.15, 0.2) is 9.84 Å². The Morgan fingerprint density at radius 3 is 2.20 bits per heavy atom. The Labute approximate surface area is 117 Å². The molecule has 3 nitrogen and oxygen atoms in total. The van der Waals surface area contributed by atoms with Crippen molar-refractivity contribution in [3.63, 3.8) is 0 Å². The highest BCUT2D eigenvalue weighted by Gasteiger charge is 2.32. The van der Waals surface area contributed by atoms with Crippen LogP contribution in [0.4, 0.5) is 4.39 Å². The molecular formula is C15H15FO3S. The summed E-state index contributed by atoms with van der Waals surface area (Å²) in [6.07, 6.45) is 0. The Kier molecular flexibility index (Phi) is 3.92. The van der Waals surface area contributed by atoms with Crippen LogP contribution in [0, 0.1) is 5.82 Å². The molecule has 0 aliphatic rings. The second-order valence-electron chi connectivity index (χ2n) is 4.83. The van der Waals surface area contributed by atoms with Gasteiger partial charge in [-0.15, -0.1) is 0 Å². The first-order valence-corrected chi connectivity index (χ1v) is 7.73. The largest absolute Gasteiger partial charge is 0.384 e. The lowest BCUT2D eigenvalue weighted by Crippen LogP contribution is -2.31. The van der Waals surface area contributed by atoms with E-state index in [1.165, 1.54) is 25.1 Å². The fourth-order valence-corrected chi connectivity index (χ4v) is 3.74. The summed E-state index contributed by atoms with van der Waals surface area (Å²) in [5, 5.41) is 10.4. The number of halogens is 1. The maximum Gasteiger partial charge on any atom is 0.184 e. The van der Waals surface area contributed by atoms with Gasteiger partial charge < -0.3 is 5.11 Å². The van der Waals surface area contributed by atoms with Gasteiger partial charge in [-0.2, -0.15) is 0 Å². The van der Waals surface area contributed by atoms with Crippen LogP contribution < -0.4 is 0 Å². The van der Waals surface area contributed by atoms with Crippen molar-refractivity contribution in [2.75, 3.05) is 5.75 Å². The van der Waals surface area contributed by atoms with E-state index < -0.39 is 31.9 Å². The highest BCUT2D eigenvalue weighted by atomic mass is 32.2. The molecule has 0 aliphatic carbocycles. The van der Waals surface area contributed by atoms with Gasteiger partial charge in [0.25, 0.3) is 0 Å². The first-order valence-electron chi connectivity index (χ1n) is 6.08. The molecule has 0 saturated heterocycles. The van der Waals surface area contributed by atoms with Gasteiger partial charge in [-0.25, -0.2) is 12.8 Å². The van der Waals surface area contributed by atoms with Crippen LogP contribution in [0.15, 0.2) is 59.5 Å². The molecule has 0 bridgehead atoms. The van der Waals surface area contributed by atoms with Gasteiger partial charge in [-0.3, -0.25) is 0 Å². The molecule has 0 fully saturated rings. The van der Waals surface area contributed by atoms with Gasteiger partial charge in [-0.1, -0.05) is 42.5 Å². The highest BCUT2D eigenvalue weighted by molar-refractivity contribution is 7.91. The lowest BCUT2D eigenvalue weighted by Gasteiger charge is -2.23. The molecule has 0 aliphatic heterocycles. The van der Waals surface area contributed by atoms with E-state index in [-0.39, 0.29) is 0 Å². The third-order valence-corrected chi connectivity index (χ3v) is 4.98. The summed E-state index contributed by atoms with van der Waals surface area (Å²) in [5.41, 5.74) is -1.11. The standard InChI is InChI=1S/C15H15FO3S/c1-15(17,12-7-3-2-4-8-12)11-20(18,19)14-10-6-5-9-13(14)16/h2-10,17H,11H2,1H3. The van der Waals surface area contributed by atoms with Crippen LogP contribution in [-0.4, -0.2) is 19.3 Å². The zero-order valence-electron chi connectivity index (χ0n) is 11.0. The molecule has 2 rings (SSSR count). The minimum absolute atomic E-state index is 0.392. The van der Waals surface area contributed by atoms with Crippen LogP contribution in [0.5, 0.6) is 0 Å². The Bertz CT molecular complexity index is 694. The summed E-state index contributed by atoms with van der Waals surface area (Å²) in [6, 6.07) is 13.6. The molecule has 20 heavy (non-hydrogen) atoms. The van der Waals surface area contributed by atoms with E-state index in [0.29, 0.717) is 5.56 Å². The van der Waals surface area contributed by atoms with Crippen LogP contribution >= 0.6 is 0 Å². The number of aliphatic hydroxyl groups is 1. The van der Waals surface area contributed by atoms with Crippen molar-refractivity contribution in [1.82, 2.24) is 0 Å². The Balaban J connectivity index is 2.36. The third-order valence-electron chi connectivity index (χ3n) is 3.04. The number of hydrogen-bond donors (Lipinski definition) is 1. The lowest BCUT2D eigenvalue weighted by molar-refractivity contribution is 0.0819. The molecule has 1 atom stereocenters. The van der Waals surface area contributed by atoms with E-state index in [2.05, 4.69) is 0 Å². The van der Waals surface area contributed by atoms with Crippen molar-refractivity contribution < 1.29 is 17.9 Å². The van der Waals surface area contributed by atoms with Crippen LogP contribution in [0.2, 0.25) is 0 Å². The van der Waals surface area contributed by atoms with E-state index in [0.717, 1.165) is 6.07 Å². The number of rotatable bonds is 4.